The van der Waals surface area contributed by atoms with Crippen LogP contribution in [-0.2, 0) is 0 Å². The molecule has 6 heteroatoms. The van der Waals surface area contributed by atoms with Crippen molar-refractivity contribution >= 4 is 5.91 Å². The zero-order valence-corrected chi connectivity index (χ0v) is 18.9. The standard InChI is InChI=1S/C27H27N3O3/c1-18(26-28-15-16-29-26)30-27(31)22-6-4-5-21(17-22)25(19-7-11-23(32-2)12-8-19)20-9-13-24(33-3)14-10-20/h4-18,25H,1-3H3,(H,28,29)(H,30,31). The van der Waals surface area contributed by atoms with Crippen LogP contribution in [0.15, 0.2) is 85.2 Å². The average molecular weight is 442 g/mol. The normalized spacial score (nSPS) is 11.8. The number of methoxy groups -OCH3 is 2. The number of H-pyrrole nitrogens is 1. The number of hydrogen-bond acceptors (Lipinski definition) is 4. The lowest BCUT2D eigenvalue weighted by atomic mass is 9.84. The van der Waals surface area contributed by atoms with E-state index in [1.807, 2.05) is 55.5 Å². The Morgan fingerprint density at radius 2 is 1.48 bits per heavy atom. The fourth-order valence-electron chi connectivity index (χ4n) is 3.89. The van der Waals surface area contributed by atoms with Crippen molar-refractivity contribution in [3.63, 3.8) is 0 Å². The van der Waals surface area contributed by atoms with Gasteiger partial charge in [-0.3, -0.25) is 4.79 Å². The minimum absolute atomic E-state index is 0.0583. The van der Waals surface area contributed by atoms with E-state index in [0.29, 0.717) is 11.4 Å². The number of imidazole rings is 1. The van der Waals surface area contributed by atoms with Crippen LogP contribution in [0.25, 0.3) is 0 Å². The number of aromatic nitrogens is 2. The van der Waals surface area contributed by atoms with Gasteiger partial charge in [-0.25, -0.2) is 4.98 Å². The second-order valence-corrected chi connectivity index (χ2v) is 7.77. The van der Waals surface area contributed by atoms with E-state index in [1.54, 1.807) is 26.6 Å². The summed E-state index contributed by atoms with van der Waals surface area (Å²) in [5.41, 5.74) is 3.81. The van der Waals surface area contributed by atoms with Crippen LogP contribution < -0.4 is 14.8 Å². The summed E-state index contributed by atoms with van der Waals surface area (Å²) in [6.07, 6.45) is 3.42. The largest absolute Gasteiger partial charge is 0.497 e. The maximum atomic E-state index is 13.0. The quantitative estimate of drug-likeness (QED) is 0.373. The lowest BCUT2D eigenvalue weighted by Crippen LogP contribution is -2.27. The third-order valence-electron chi connectivity index (χ3n) is 5.66. The summed E-state index contributed by atoms with van der Waals surface area (Å²) in [4.78, 5) is 20.2. The summed E-state index contributed by atoms with van der Waals surface area (Å²) in [6.45, 7) is 1.90. The van der Waals surface area contributed by atoms with Crippen LogP contribution in [0.5, 0.6) is 11.5 Å². The van der Waals surface area contributed by atoms with Gasteiger partial charge < -0.3 is 19.8 Å². The highest BCUT2D eigenvalue weighted by Gasteiger charge is 2.20. The zero-order valence-electron chi connectivity index (χ0n) is 18.9. The van der Waals surface area contributed by atoms with Gasteiger partial charge >= 0.3 is 0 Å². The number of hydrogen-bond donors (Lipinski definition) is 2. The third-order valence-corrected chi connectivity index (χ3v) is 5.66. The summed E-state index contributed by atoms with van der Waals surface area (Å²) in [6, 6.07) is 23.5. The summed E-state index contributed by atoms with van der Waals surface area (Å²) < 4.78 is 10.7. The Bertz CT molecular complexity index is 1140. The van der Waals surface area contributed by atoms with Crippen LogP contribution >= 0.6 is 0 Å². The van der Waals surface area contributed by atoms with Crippen LogP contribution in [0, 0.1) is 0 Å². The van der Waals surface area contributed by atoms with Gasteiger partial charge in [-0.05, 0) is 60.0 Å². The number of carbonyl (C=O) groups excluding carboxylic acids is 1. The van der Waals surface area contributed by atoms with Crippen molar-refractivity contribution in [2.45, 2.75) is 18.9 Å². The highest BCUT2D eigenvalue weighted by molar-refractivity contribution is 5.94. The van der Waals surface area contributed by atoms with Gasteiger partial charge in [0.2, 0.25) is 0 Å². The molecule has 3 aromatic carbocycles. The monoisotopic (exact) mass is 441 g/mol. The molecule has 1 amide bonds. The Morgan fingerprint density at radius 1 is 0.879 bits per heavy atom. The van der Waals surface area contributed by atoms with Crippen molar-refractivity contribution in [3.05, 3.63) is 113 Å². The Kier molecular flexibility index (Phi) is 6.74. The van der Waals surface area contributed by atoms with Gasteiger partial charge in [-0.2, -0.15) is 0 Å². The van der Waals surface area contributed by atoms with E-state index in [4.69, 9.17) is 9.47 Å². The summed E-state index contributed by atoms with van der Waals surface area (Å²) in [5.74, 6) is 2.11. The fraction of sp³-hybridized carbons (Fsp3) is 0.185. The van der Waals surface area contributed by atoms with Crippen molar-refractivity contribution in [1.29, 1.82) is 0 Å². The van der Waals surface area contributed by atoms with Gasteiger partial charge in [-0.15, -0.1) is 0 Å². The molecule has 0 radical (unpaired) electrons. The van der Waals surface area contributed by atoms with Crippen molar-refractivity contribution in [3.8, 4) is 11.5 Å². The van der Waals surface area contributed by atoms with Gasteiger partial charge in [0, 0.05) is 23.9 Å². The van der Waals surface area contributed by atoms with E-state index in [1.165, 1.54) is 0 Å². The Labute approximate surface area is 193 Å². The highest BCUT2D eigenvalue weighted by atomic mass is 16.5. The van der Waals surface area contributed by atoms with Crippen molar-refractivity contribution < 1.29 is 14.3 Å². The second-order valence-electron chi connectivity index (χ2n) is 7.77. The summed E-state index contributed by atoms with van der Waals surface area (Å²) in [7, 11) is 3.31. The molecule has 2 N–H and O–H groups in total. The van der Waals surface area contributed by atoms with Crippen LogP contribution in [0.1, 0.15) is 51.8 Å². The lowest BCUT2D eigenvalue weighted by Gasteiger charge is -2.20. The van der Waals surface area contributed by atoms with Crippen LogP contribution in [-0.4, -0.2) is 30.1 Å². The van der Waals surface area contributed by atoms with Crippen molar-refractivity contribution in [2.75, 3.05) is 14.2 Å². The minimum atomic E-state index is -0.227. The molecule has 1 heterocycles. The van der Waals surface area contributed by atoms with E-state index < -0.39 is 0 Å². The SMILES string of the molecule is COc1ccc(C(c2ccc(OC)cc2)c2cccc(C(=O)NC(C)c3ncc[nH]3)c2)cc1. The molecule has 4 aromatic rings. The Hall–Kier alpha value is -4.06. The smallest absolute Gasteiger partial charge is 0.251 e. The van der Waals surface area contributed by atoms with E-state index in [2.05, 4.69) is 39.6 Å². The molecule has 0 fully saturated rings. The second kappa shape index (κ2) is 10.0. The number of nitrogens with one attached hydrogen (secondary N) is 2. The molecule has 4 rings (SSSR count). The molecule has 0 saturated heterocycles. The molecule has 168 valence electrons. The first-order valence-corrected chi connectivity index (χ1v) is 10.8. The number of benzene rings is 3. The van der Waals surface area contributed by atoms with Crippen LogP contribution in [0.4, 0.5) is 0 Å². The average Bonchev–Trinajstić information content (AvgIpc) is 3.41. The number of aromatic amines is 1. The predicted octanol–water partition coefficient (Wildman–Crippen LogP) is 5.10. The number of ether oxygens (including phenoxy) is 2. The first-order valence-electron chi connectivity index (χ1n) is 10.8. The predicted molar refractivity (Wildman–Crippen MR) is 128 cm³/mol. The van der Waals surface area contributed by atoms with Crippen LogP contribution in [0.3, 0.4) is 0 Å². The Balaban J connectivity index is 1.68. The molecule has 6 nitrogen and oxygen atoms in total. The zero-order chi connectivity index (χ0) is 23.2. The molecule has 0 saturated carbocycles. The number of amides is 1. The van der Waals surface area contributed by atoms with E-state index >= 15 is 0 Å². The minimum Gasteiger partial charge on any atom is -0.497 e. The fourth-order valence-corrected chi connectivity index (χ4v) is 3.89. The van der Waals surface area contributed by atoms with E-state index in [0.717, 1.165) is 28.2 Å². The molecule has 33 heavy (non-hydrogen) atoms. The van der Waals surface area contributed by atoms with Gasteiger partial charge in [0.15, 0.2) is 0 Å². The van der Waals surface area contributed by atoms with Crippen LogP contribution in [0.2, 0.25) is 0 Å². The highest BCUT2D eigenvalue weighted by Crippen LogP contribution is 2.34. The lowest BCUT2D eigenvalue weighted by molar-refractivity contribution is 0.0938. The van der Waals surface area contributed by atoms with Gasteiger partial charge in [-0.1, -0.05) is 36.4 Å². The first-order chi connectivity index (χ1) is 16.1. The van der Waals surface area contributed by atoms with Gasteiger partial charge in [0.05, 0.1) is 20.3 Å². The molecule has 0 bridgehead atoms. The first kappa shape index (κ1) is 22.1. The van der Waals surface area contributed by atoms with Crippen molar-refractivity contribution in [2.24, 2.45) is 0 Å². The maximum Gasteiger partial charge on any atom is 0.251 e. The Morgan fingerprint density at radius 3 is 2.00 bits per heavy atom. The van der Waals surface area contributed by atoms with E-state index in [9.17, 15) is 4.79 Å². The topological polar surface area (TPSA) is 76.2 Å². The number of rotatable bonds is 8. The molecular weight excluding hydrogens is 414 g/mol. The molecule has 1 unspecified atom stereocenters. The summed E-state index contributed by atoms with van der Waals surface area (Å²) >= 11 is 0. The van der Waals surface area contributed by atoms with Gasteiger partial charge in [0.1, 0.15) is 17.3 Å². The third kappa shape index (κ3) is 5.06. The van der Waals surface area contributed by atoms with Crippen molar-refractivity contribution in [1.82, 2.24) is 15.3 Å². The molecule has 0 aliphatic heterocycles. The number of nitrogens with zero attached hydrogens (tertiary/aromatic N) is 1. The summed E-state index contributed by atoms with van der Waals surface area (Å²) in [5, 5.41) is 3.01. The van der Waals surface area contributed by atoms with E-state index in [-0.39, 0.29) is 17.9 Å². The molecule has 0 aliphatic carbocycles. The van der Waals surface area contributed by atoms with Gasteiger partial charge in [0.25, 0.3) is 5.91 Å². The molecule has 0 spiro atoms. The molecular formula is C27H27N3O3. The molecule has 1 aromatic heterocycles. The molecule has 1 atom stereocenters. The molecule has 0 aliphatic rings. The maximum absolute atomic E-state index is 13.0. The number of carbonyl (C=O) groups is 1.